The molecule has 91 heavy (non-hydrogen) atoms. The van der Waals surface area contributed by atoms with Crippen LogP contribution >= 0.6 is 0 Å². The number of nitrogens with one attached hydrogen (secondary N) is 3. The maximum absolute atomic E-state index is 13.7. The molecule has 0 radical (unpaired) electrons. The number of ether oxygens (including phenoxy) is 14. The van der Waals surface area contributed by atoms with Crippen molar-refractivity contribution in [3.63, 3.8) is 0 Å². The first-order valence-electron chi connectivity index (χ1n) is 30.3. The third-order valence-corrected chi connectivity index (χ3v) is 13.6. The highest BCUT2D eigenvalue weighted by atomic mass is 16.6. The van der Waals surface area contributed by atoms with E-state index in [2.05, 4.69) is 26.3 Å². The van der Waals surface area contributed by atoms with Gasteiger partial charge >= 0.3 is 11.9 Å². The zero-order valence-corrected chi connectivity index (χ0v) is 52.6. The lowest BCUT2D eigenvalue weighted by atomic mass is 9.91. The van der Waals surface area contributed by atoms with Gasteiger partial charge in [-0.05, 0) is 48.9 Å². The van der Waals surface area contributed by atoms with Gasteiger partial charge in [0, 0.05) is 31.9 Å². The average molecular weight is 1300 g/mol. The van der Waals surface area contributed by atoms with E-state index < -0.39 is 102 Å². The van der Waals surface area contributed by atoms with Crippen molar-refractivity contribution >= 4 is 47.2 Å². The molecule has 2 aliphatic rings. The topological polar surface area (TPSA) is 400 Å². The van der Waals surface area contributed by atoms with Gasteiger partial charge in [-0.1, -0.05) is 25.1 Å². The Morgan fingerprint density at radius 2 is 1.09 bits per heavy atom. The Bertz CT molecular complexity index is 2470. The molecule has 7 N–H and O–H groups in total. The minimum Gasteiger partial charge on any atom is -0.479 e. The van der Waals surface area contributed by atoms with Crippen LogP contribution in [0, 0.1) is 5.92 Å². The number of amides is 5. The summed E-state index contributed by atoms with van der Waals surface area (Å²) in [4.78, 5) is 91.0. The number of carbonyl (C=O) groups excluding carboxylic acids is 6. The highest BCUT2D eigenvalue weighted by molar-refractivity contribution is 6.13. The lowest BCUT2D eigenvalue weighted by Gasteiger charge is -2.39. The molecular formula is C59H93N7O25. The smallest absolute Gasteiger partial charge is 0.335 e. The fourth-order valence-corrected chi connectivity index (χ4v) is 8.73. The van der Waals surface area contributed by atoms with Crippen LogP contribution in [0.2, 0.25) is 0 Å². The lowest BCUT2D eigenvalue weighted by Crippen LogP contribution is -2.59. The number of aryl methyl sites for hydroxylation is 1. The zero-order valence-electron chi connectivity index (χ0n) is 52.6. The molecule has 32 heteroatoms. The number of hydrogen-bond acceptors (Lipinski definition) is 26. The fourth-order valence-electron chi connectivity index (χ4n) is 8.73. The number of esters is 1. The van der Waals surface area contributed by atoms with E-state index in [1.165, 1.54) is 30.8 Å². The number of hydrogen-bond donors (Lipinski definition) is 7. The molecule has 0 aliphatic carbocycles. The van der Waals surface area contributed by atoms with Gasteiger partial charge in [0.25, 0.3) is 11.8 Å². The molecule has 514 valence electrons. The molecule has 1 saturated heterocycles. The van der Waals surface area contributed by atoms with Crippen molar-refractivity contribution in [1.29, 1.82) is 0 Å². The summed E-state index contributed by atoms with van der Waals surface area (Å²) >= 11 is 0. The molecule has 5 amide bonds. The second kappa shape index (κ2) is 45.3. The Labute approximate surface area is 529 Å². The van der Waals surface area contributed by atoms with E-state index >= 15 is 0 Å². The molecule has 0 spiro atoms. The maximum Gasteiger partial charge on any atom is 0.335 e. The quantitative estimate of drug-likeness (QED) is 0.0229. The number of imide groups is 1. The van der Waals surface area contributed by atoms with E-state index in [-0.39, 0.29) is 50.6 Å². The maximum atomic E-state index is 13.7. The largest absolute Gasteiger partial charge is 0.479 e. The number of aromatic nitrogens is 3. The normalized spacial score (nSPS) is 18.4. The van der Waals surface area contributed by atoms with E-state index in [0.717, 1.165) is 17.1 Å². The van der Waals surface area contributed by atoms with Crippen LogP contribution in [0.15, 0.2) is 36.5 Å². The summed E-state index contributed by atoms with van der Waals surface area (Å²) in [5, 5.41) is 56.7. The van der Waals surface area contributed by atoms with Crippen LogP contribution < -0.4 is 16.0 Å². The minimum absolute atomic E-state index is 0.0536. The Morgan fingerprint density at radius 1 is 0.615 bits per heavy atom. The van der Waals surface area contributed by atoms with E-state index in [9.17, 15) is 54.0 Å². The van der Waals surface area contributed by atoms with Gasteiger partial charge in [-0.2, -0.15) is 0 Å². The number of aliphatic hydroxyl groups excluding tert-OH is 3. The lowest BCUT2D eigenvalue weighted by molar-refractivity contribution is -0.228. The van der Waals surface area contributed by atoms with Crippen molar-refractivity contribution in [1.82, 2.24) is 30.5 Å². The van der Waals surface area contributed by atoms with Gasteiger partial charge in [0.1, 0.15) is 42.7 Å². The third-order valence-electron chi connectivity index (χ3n) is 13.6. The van der Waals surface area contributed by atoms with Gasteiger partial charge in [0.05, 0.1) is 183 Å². The molecule has 1 aromatic heterocycles. The van der Waals surface area contributed by atoms with Gasteiger partial charge in [-0.3, -0.25) is 33.7 Å². The SMILES string of the molecule is COCCOCCOCCOCCOCCOCCOCCOCCOCCOCCOCCOCCn1cc([C@@H](CC(=O)N[C@H](C(=O)N[C@@H](C)C(=O)Nc2ccc(COC(C)=O)c(CC[C@@H]3O[C@H](C(=O)O)[C@@H](O)[C@H](O)[C@H]3O)c2)C(C)C)N2C(=O)C=CC2=O)nn1. The molecule has 0 unspecified atom stereocenters. The number of carboxylic acid groups (broad SMARTS) is 1. The van der Waals surface area contributed by atoms with Crippen molar-refractivity contribution in [3.8, 4) is 0 Å². The predicted octanol–water partition coefficient (Wildman–Crippen LogP) is -1.32. The van der Waals surface area contributed by atoms with Gasteiger partial charge in [0.2, 0.25) is 17.7 Å². The van der Waals surface area contributed by atoms with Crippen molar-refractivity contribution in [2.45, 2.75) is 109 Å². The monoisotopic (exact) mass is 1300 g/mol. The number of benzene rings is 1. The summed E-state index contributed by atoms with van der Waals surface area (Å²) in [5.41, 5.74) is 1.36. The molecule has 0 saturated carbocycles. The van der Waals surface area contributed by atoms with E-state index in [0.29, 0.717) is 150 Å². The van der Waals surface area contributed by atoms with Gasteiger partial charge < -0.3 is 103 Å². The first-order chi connectivity index (χ1) is 43.9. The highest BCUT2D eigenvalue weighted by Gasteiger charge is 2.46. The third kappa shape index (κ3) is 30.5. The standard InChI is InChI=1S/C59H93N7O25/c1-40(2)52(58(75)60-41(3)57(74)61-45-8-6-44(39-90-42(4)67)43(36-45)7-9-48-53(71)54(72)55(73)56(91-48)59(76)77)62-49(68)37-47(66-50(69)10-11-51(66)70)46-38-65(64-63-46)12-13-79-16-17-81-20-21-83-24-25-85-28-29-87-32-33-89-35-34-88-31-30-86-27-26-84-23-22-82-19-18-80-15-14-78-5/h6,8,10-11,36,38,40-41,47-48,52-56,71-73H,7,9,12-35,37,39H2,1-5H3,(H,60,75)(H,61,74)(H,62,68)(H,76,77)/t41-,47+,48-,52-,53-,54+,55-,56-/m0/s1. The van der Waals surface area contributed by atoms with Crippen molar-refractivity contribution < 1.29 is 120 Å². The number of aliphatic carboxylic acids is 1. The Kier molecular flexibility index (Phi) is 38.5. The number of methoxy groups -OCH3 is 1. The Hall–Kier alpha value is -6.05. The summed E-state index contributed by atoms with van der Waals surface area (Å²) in [6.45, 7) is 15.9. The fraction of sp³-hybridized carbons (Fsp3) is 0.712. The molecule has 0 bridgehead atoms. The molecular weight excluding hydrogens is 1210 g/mol. The van der Waals surface area contributed by atoms with E-state index in [1.807, 2.05) is 0 Å². The molecule has 32 nitrogen and oxygen atoms in total. The van der Waals surface area contributed by atoms with Crippen LogP contribution in [0.1, 0.15) is 63.4 Å². The molecule has 2 aromatic rings. The number of nitrogens with zero attached hydrogens (tertiary/aromatic N) is 4. The van der Waals surface area contributed by atoms with Crippen molar-refractivity contribution in [2.24, 2.45) is 5.92 Å². The summed E-state index contributed by atoms with van der Waals surface area (Å²) in [6.07, 6.45) is -5.18. The van der Waals surface area contributed by atoms with Crippen LogP contribution in [0.25, 0.3) is 0 Å². The van der Waals surface area contributed by atoms with Crippen LogP contribution in [0.3, 0.4) is 0 Å². The summed E-state index contributed by atoms with van der Waals surface area (Å²) < 4.78 is 77.4. The number of carboxylic acids is 1. The average Bonchev–Trinajstić information content (AvgIpc) is 2.09. The molecule has 3 heterocycles. The van der Waals surface area contributed by atoms with E-state index in [1.54, 1.807) is 33.1 Å². The molecule has 1 aromatic carbocycles. The van der Waals surface area contributed by atoms with Crippen LogP contribution in [-0.2, 0) is 119 Å². The Morgan fingerprint density at radius 3 is 1.54 bits per heavy atom. The first-order valence-corrected chi connectivity index (χ1v) is 30.3. The molecule has 4 rings (SSSR count). The van der Waals surface area contributed by atoms with Gasteiger partial charge in [-0.15, -0.1) is 5.10 Å². The second-order valence-electron chi connectivity index (χ2n) is 21.0. The molecule has 8 atom stereocenters. The number of anilines is 1. The zero-order chi connectivity index (χ0) is 66.2. The summed E-state index contributed by atoms with van der Waals surface area (Å²) in [5.74, 6) is -6.09. The first kappa shape index (κ1) is 77.4. The van der Waals surface area contributed by atoms with Crippen molar-refractivity contribution in [3.05, 3.63) is 53.4 Å². The van der Waals surface area contributed by atoms with Crippen molar-refractivity contribution in [2.75, 3.05) is 164 Å². The molecule has 2 aliphatic heterocycles. The highest BCUT2D eigenvalue weighted by Crippen LogP contribution is 2.28. The van der Waals surface area contributed by atoms with Crippen LogP contribution in [0.5, 0.6) is 0 Å². The minimum atomic E-state index is -1.87. The number of aliphatic hydroxyl groups is 3. The van der Waals surface area contributed by atoms with E-state index in [4.69, 9.17) is 66.3 Å². The molecule has 1 fully saturated rings. The second-order valence-corrected chi connectivity index (χ2v) is 21.0. The Balaban J connectivity index is 1.07. The van der Waals surface area contributed by atoms with Crippen LogP contribution in [0.4, 0.5) is 5.69 Å². The van der Waals surface area contributed by atoms with Gasteiger partial charge in [-0.25, -0.2) is 9.48 Å². The summed E-state index contributed by atoms with van der Waals surface area (Å²) in [7, 11) is 1.63. The number of carbonyl (C=O) groups is 7. The van der Waals surface area contributed by atoms with Gasteiger partial charge in [0.15, 0.2) is 6.10 Å². The predicted molar refractivity (Wildman–Crippen MR) is 317 cm³/mol. The van der Waals surface area contributed by atoms with Crippen LogP contribution in [-0.4, -0.2) is 283 Å². The number of rotatable bonds is 52. The summed E-state index contributed by atoms with van der Waals surface area (Å²) in [6, 6.07) is 1.07.